The summed E-state index contributed by atoms with van der Waals surface area (Å²) in [5.41, 5.74) is 7.12. The Hall–Kier alpha value is -0.560. The summed E-state index contributed by atoms with van der Waals surface area (Å²) in [4.78, 5) is 0. The van der Waals surface area contributed by atoms with E-state index in [1.54, 1.807) is 12.1 Å². The van der Waals surface area contributed by atoms with E-state index in [9.17, 15) is 8.42 Å². The molecule has 0 aromatic heterocycles. The van der Waals surface area contributed by atoms with Gasteiger partial charge < -0.3 is 5.73 Å². The first-order chi connectivity index (χ1) is 6.94. The Kier molecular flexibility index (Phi) is 4.15. The second-order valence-corrected chi connectivity index (χ2v) is 4.99. The number of rotatable bonds is 4. The molecule has 4 nitrogen and oxygen atoms in total. The second kappa shape index (κ2) is 4.98. The third-order valence-electron chi connectivity index (χ3n) is 1.81. The van der Waals surface area contributed by atoms with E-state index in [0.717, 1.165) is 11.8 Å². The van der Waals surface area contributed by atoms with Crippen molar-refractivity contribution in [2.24, 2.45) is 5.73 Å². The van der Waals surface area contributed by atoms with Crippen molar-refractivity contribution in [1.29, 1.82) is 0 Å². The summed E-state index contributed by atoms with van der Waals surface area (Å²) in [5.74, 6) is 0.483. The molecule has 1 aromatic rings. The number of hydrogen-bond acceptors (Lipinski definition) is 5. The first-order valence-corrected chi connectivity index (χ1v) is 6.71. The highest BCUT2D eigenvalue weighted by Crippen LogP contribution is 2.19. The fraction of sp³-hybridized carbons (Fsp3) is 0.333. The zero-order valence-electron chi connectivity index (χ0n) is 8.25. The fourth-order valence-corrected chi connectivity index (χ4v) is 1.96. The molecule has 1 unspecified atom stereocenters. The van der Waals surface area contributed by atoms with Gasteiger partial charge in [-0.3, -0.25) is 0 Å². The molecule has 6 heteroatoms. The van der Waals surface area contributed by atoms with Crippen molar-refractivity contribution in [3.8, 4) is 0 Å². The van der Waals surface area contributed by atoms with E-state index in [-0.39, 0.29) is 0 Å². The summed E-state index contributed by atoms with van der Waals surface area (Å²) in [6.45, 7) is 0. The van der Waals surface area contributed by atoms with Gasteiger partial charge in [0.05, 0.1) is 6.26 Å². The van der Waals surface area contributed by atoms with Gasteiger partial charge in [0, 0.05) is 11.3 Å². The number of benzene rings is 1. The molecular formula is C9H13NO3S2. The summed E-state index contributed by atoms with van der Waals surface area (Å²) in [7, 11) is -3.55. The van der Waals surface area contributed by atoms with E-state index in [1.807, 2.05) is 12.1 Å². The van der Waals surface area contributed by atoms with E-state index in [1.165, 1.54) is 0 Å². The van der Waals surface area contributed by atoms with Crippen LogP contribution in [0.4, 0.5) is 0 Å². The molecule has 0 radical (unpaired) electrons. The maximum absolute atomic E-state index is 10.9. The first kappa shape index (κ1) is 12.5. The van der Waals surface area contributed by atoms with E-state index in [4.69, 9.17) is 5.73 Å². The lowest BCUT2D eigenvalue weighted by Crippen LogP contribution is -2.19. The topological polar surface area (TPSA) is 69.4 Å². The Labute approximate surface area is 95.0 Å². The van der Waals surface area contributed by atoms with Gasteiger partial charge in [-0.2, -0.15) is 21.0 Å². The van der Waals surface area contributed by atoms with Crippen molar-refractivity contribution in [2.45, 2.75) is 12.0 Å². The zero-order valence-corrected chi connectivity index (χ0v) is 9.96. The van der Waals surface area contributed by atoms with Crippen molar-refractivity contribution in [1.82, 2.24) is 0 Å². The Balaban J connectivity index is 2.95. The fourth-order valence-electron chi connectivity index (χ4n) is 1.20. The van der Waals surface area contributed by atoms with E-state index in [0.29, 0.717) is 11.3 Å². The van der Waals surface area contributed by atoms with E-state index >= 15 is 0 Å². The molecule has 84 valence electrons. The second-order valence-electron chi connectivity index (χ2n) is 3.08. The molecule has 15 heavy (non-hydrogen) atoms. The van der Waals surface area contributed by atoms with Crippen LogP contribution >= 0.6 is 12.6 Å². The molecule has 0 amide bonds. The standard InChI is InChI=1S/C9H13NO3S2/c1-15(11,12)13-9(10)8-5-3-2-4-7(8)6-14/h2-5,9,14H,6,10H2,1H3. The molecule has 1 atom stereocenters. The largest absolute Gasteiger partial charge is 0.301 e. The average Bonchev–Trinajstić information content (AvgIpc) is 2.15. The third kappa shape index (κ3) is 3.83. The predicted octanol–water partition coefficient (Wildman–Crippen LogP) is 1.05. The Morgan fingerprint density at radius 3 is 2.60 bits per heavy atom. The Morgan fingerprint density at radius 2 is 2.07 bits per heavy atom. The van der Waals surface area contributed by atoms with Crippen LogP contribution in [0.15, 0.2) is 24.3 Å². The van der Waals surface area contributed by atoms with E-state index in [2.05, 4.69) is 16.8 Å². The smallest absolute Gasteiger partial charge is 0.266 e. The molecular weight excluding hydrogens is 234 g/mol. The SMILES string of the molecule is CS(=O)(=O)OC(N)c1ccccc1CS. The van der Waals surface area contributed by atoms with Crippen molar-refractivity contribution >= 4 is 22.7 Å². The summed E-state index contributed by atoms with van der Waals surface area (Å²) < 4.78 is 26.5. The molecule has 0 aliphatic rings. The minimum Gasteiger partial charge on any atom is -0.301 e. The molecule has 0 aliphatic heterocycles. The van der Waals surface area contributed by atoms with Gasteiger partial charge in [-0.15, -0.1) is 0 Å². The quantitative estimate of drug-likeness (QED) is 0.474. The normalized spacial score (nSPS) is 13.8. The maximum atomic E-state index is 10.9. The van der Waals surface area contributed by atoms with Crippen molar-refractivity contribution in [2.75, 3.05) is 6.26 Å². The van der Waals surface area contributed by atoms with Crippen molar-refractivity contribution in [3.05, 3.63) is 35.4 Å². The van der Waals surface area contributed by atoms with Gasteiger partial charge in [-0.1, -0.05) is 24.3 Å². The molecule has 2 N–H and O–H groups in total. The number of nitrogens with two attached hydrogens (primary N) is 1. The predicted molar refractivity (Wildman–Crippen MR) is 62.0 cm³/mol. The van der Waals surface area contributed by atoms with Crippen molar-refractivity contribution in [3.63, 3.8) is 0 Å². The van der Waals surface area contributed by atoms with Gasteiger partial charge in [-0.25, -0.2) is 4.18 Å². The summed E-state index contributed by atoms with van der Waals surface area (Å²) in [6, 6.07) is 7.16. The van der Waals surface area contributed by atoms with E-state index < -0.39 is 16.3 Å². The lowest BCUT2D eigenvalue weighted by Gasteiger charge is -2.14. The monoisotopic (exact) mass is 247 g/mol. The molecule has 0 saturated carbocycles. The summed E-state index contributed by atoms with van der Waals surface area (Å²) >= 11 is 4.13. The highest BCUT2D eigenvalue weighted by atomic mass is 32.2. The summed E-state index contributed by atoms with van der Waals surface area (Å²) in [6.07, 6.45) is -0.000699. The highest BCUT2D eigenvalue weighted by molar-refractivity contribution is 7.86. The van der Waals surface area contributed by atoms with Gasteiger partial charge in [0.2, 0.25) is 0 Å². The van der Waals surface area contributed by atoms with Gasteiger partial charge >= 0.3 is 0 Å². The molecule has 0 heterocycles. The minimum absolute atomic E-state index is 0.483. The van der Waals surface area contributed by atoms with Crippen LogP contribution in [0.1, 0.15) is 17.4 Å². The first-order valence-electron chi connectivity index (χ1n) is 4.26. The van der Waals surface area contributed by atoms with Crippen LogP contribution in [0.5, 0.6) is 0 Å². The number of hydrogen-bond donors (Lipinski definition) is 2. The molecule has 0 fully saturated rings. The van der Waals surface area contributed by atoms with Crippen LogP contribution < -0.4 is 5.73 Å². The lowest BCUT2D eigenvalue weighted by atomic mass is 10.1. The van der Waals surface area contributed by atoms with Crippen LogP contribution in [0.25, 0.3) is 0 Å². The molecule has 0 spiro atoms. The molecule has 1 rings (SSSR count). The molecule has 0 bridgehead atoms. The molecule has 0 aliphatic carbocycles. The van der Waals surface area contributed by atoms with Gasteiger partial charge in [0.1, 0.15) is 0 Å². The third-order valence-corrected chi connectivity index (χ3v) is 2.71. The van der Waals surface area contributed by atoms with Gasteiger partial charge in [-0.05, 0) is 5.56 Å². The van der Waals surface area contributed by atoms with Crippen molar-refractivity contribution < 1.29 is 12.6 Å². The average molecular weight is 247 g/mol. The maximum Gasteiger partial charge on any atom is 0.266 e. The molecule has 1 aromatic carbocycles. The van der Waals surface area contributed by atoms with Gasteiger partial charge in [0.25, 0.3) is 10.1 Å². The zero-order chi connectivity index (χ0) is 11.5. The van der Waals surface area contributed by atoms with Crippen LogP contribution in [0.2, 0.25) is 0 Å². The summed E-state index contributed by atoms with van der Waals surface area (Å²) in [5, 5.41) is 0. The van der Waals surface area contributed by atoms with Crippen LogP contribution in [0.3, 0.4) is 0 Å². The minimum atomic E-state index is -3.55. The Bertz CT molecular complexity index is 431. The lowest BCUT2D eigenvalue weighted by molar-refractivity contribution is 0.223. The van der Waals surface area contributed by atoms with Crippen LogP contribution in [0, 0.1) is 0 Å². The molecule has 0 saturated heterocycles. The number of thiol groups is 1. The van der Waals surface area contributed by atoms with Crippen LogP contribution in [-0.2, 0) is 20.1 Å². The van der Waals surface area contributed by atoms with Gasteiger partial charge in [0.15, 0.2) is 6.23 Å². The highest BCUT2D eigenvalue weighted by Gasteiger charge is 2.15. The Morgan fingerprint density at radius 1 is 1.47 bits per heavy atom. The van der Waals surface area contributed by atoms with Crippen LogP contribution in [-0.4, -0.2) is 14.7 Å².